The summed E-state index contributed by atoms with van der Waals surface area (Å²) in [7, 11) is -3.44. The highest BCUT2D eigenvalue weighted by Crippen LogP contribution is 2.17. The summed E-state index contributed by atoms with van der Waals surface area (Å²) in [5.41, 5.74) is 0.466. The molecule has 0 aliphatic heterocycles. The van der Waals surface area contributed by atoms with E-state index in [0.29, 0.717) is 5.56 Å². The van der Waals surface area contributed by atoms with Gasteiger partial charge in [-0.25, -0.2) is 8.42 Å². The number of hydrogen-bond acceptors (Lipinski definition) is 7. The number of aromatic nitrogens is 2. The summed E-state index contributed by atoms with van der Waals surface area (Å²) in [4.78, 5) is 13.5. The van der Waals surface area contributed by atoms with Crippen molar-refractivity contribution in [3.63, 3.8) is 0 Å². The first-order valence-electron chi connectivity index (χ1n) is 8.03. The average molecular weight is 403 g/mol. The van der Waals surface area contributed by atoms with Crippen molar-refractivity contribution in [1.82, 2.24) is 10.2 Å². The minimum absolute atomic E-state index is 0.0576. The van der Waals surface area contributed by atoms with E-state index in [1.54, 1.807) is 36.4 Å². The van der Waals surface area contributed by atoms with Crippen molar-refractivity contribution < 1.29 is 17.6 Å². The highest BCUT2D eigenvalue weighted by molar-refractivity contribution is 7.98. The number of thioether (sulfide) groups is 1. The van der Waals surface area contributed by atoms with Gasteiger partial charge in [0.25, 0.3) is 5.91 Å². The van der Waals surface area contributed by atoms with E-state index in [-0.39, 0.29) is 34.9 Å². The molecule has 27 heavy (non-hydrogen) atoms. The first kappa shape index (κ1) is 19.1. The SMILES string of the molecule is CSc1cccc(C(=O)Nc2nnc(CCS(=O)(=O)c3ccccc3)o2)c1. The molecule has 1 N–H and O–H groups in total. The van der Waals surface area contributed by atoms with E-state index in [9.17, 15) is 13.2 Å². The maximum atomic E-state index is 12.3. The van der Waals surface area contributed by atoms with Gasteiger partial charge in [0.05, 0.1) is 10.6 Å². The molecular formula is C18H17N3O4S2. The molecule has 140 valence electrons. The molecule has 0 saturated carbocycles. The molecule has 0 aliphatic rings. The van der Waals surface area contributed by atoms with E-state index in [2.05, 4.69) is 15.5 Å². The number of nitrogens with one attached hydrogen (secondary N) is 1. The molecule has 2 aromatic carbocycles. The topological polar surface area (TPSA) is 102 Å². The number of carbonyl (C=O) groups excluding carboxylic acids is 1. The van der Waals surface area contributed by atoms with Crippen molar-refractivity contribution in [3.05, 3.63) is 66.1 Å². The molecule has 0 spiro atoms. The lowest BCUT2D eigenvalue weighted by atomic mass is 10.2. The molecule has 0 unspecified atom stereocenters. The van der Waals surface area contributed by atoms with E-state index >= 15 is 0 Å². The van der Waals surface area contributed by atoms with Gasteiger partial charge in [-0.15, -0.1) is 16.9 Å². The molecule has 9 heteroatoms. The molecule has 7 nitrogen and oxygen atoms in total. The molecule has 0 fully saturated rings. The smallest absolute Gasteiger partial charge is 0.322 e. The van der Waals surface area contributed by atoms with E-state index in [0.717, 1.165) is 4.90 Å². The van der Waals surface area contributed by atoms with Crippen LogP contribution in [0, 0.1) is 0 Å². The van der Waals surface area contributed by atoms with Crippen LogP contribution in [0.25, 0.3) is 0 Å². The summed E-state index contributed by atoms with van der Waals surface area (Å²) in [5, 5.41) is 10.1. The Morgan fingerprint density at radius 3 is 2.63 bits per heavy atom. The number of nitrogens with zero attached hydrogens (tertiary/aromatic N) is 2. The van der Waals surface area contributed by atoms with E-state index in [1.807, 2.05) is 12.3 Å². The van der Waals surface area contributed by atoms with Crippen LogP contribution < -0.4 is 5.32 Å². The summed E-state index contributed by atoms with van der Waals surface area (Å²) in [6.45, 7) is 0. The lowest BCUT2D eigenvalue weighted by molar-refractivity contribution is 0.102. The molecule has 0 atom stereocenters. The monoisotopic (exact) mass is 403 g/mol. The molecule has 0 aliphatic carbocycles. The van der Waals surface area contributed by atoms with Gasteiger partial charge in [-0.1, -0.05) is 29.4 Å². The van der Waals surface area contributed by atoms with E-state index < -0.39 is 9.84 Å². The Kier molecular flexibility index (Phi) is 5.92. The Morgan fingerprint density at radius 1 is 1.11 bits per heavy atom. The van der Waals surface area contributed by atoms with Gasteiger partial charge in [0, 0.05) is 16.9 Å². The van der Waals surface area contributed by atoms with Gasteiger partial charge in [0.15, 0.2) is 9.84 Å². The molecule has 3 rings (SSSR count). The standard InChI is InChI=1S/C18H17N3O4S2/c1-26-14-7-5-6-13(12-14)17(22)19-18-21-20-16(25-18)10-11-27(23,24)15-8-3-2-4-9-15/h2-9,12H,10-11H2,1H3,(H,19,21,22). The average Bonchev–Trinajstić information content (AvgIpc) is 3.14. The van der Waals surface area contributed by atoms with Crippen molar-refractivity contribution in [1.29, 1.82) is 0 Å². The number of aryl methyl sites for hydroxylation is 1. The van der Waals surface area contributed by atoms with Gasteiger partial charge in [0.2, 0.25) is 5.89 Å². The van der Waals surface area contributed by atoms with Gasteiger partial charge in [0.1, 0.15) is 0 Å². The molecular weight excluding hydrogens is 386 g/mol. The predicted octanol–water partition coefficient (Wildman–Crippen LogP) is 3.06. The zero-order valence-electron chi connectivity index (χ0n) is 14.5. The van der Waals surface area contributed by atoms with Crippen LogP contribution in [-0.2, 0) is 16.3 Å². The van der Waals surface area contributed by atoms with E-state index in [1.165, 1.54) is 23.9 Å². The third kappa shape index (κ3) is 4.95. The van der Waals surface area contributed by atoms with Crippen molar-refractivity contribution >= 4 is 33.5 Å². The lowest BCUT2D eigenvalue weighted by Gasteiger charge is -2.03. The Bertz CT molecular complexity index is 1030. The van der Waals surface area contributed by atoms with Crippen molar-refractivity contribution in [2.75, 3.05) is 17.3 Å². The number of hydrogen-bond donors (Lipinski definition) is 1. The first-order valence-corrected chi connectivity index (χ1v) is 10.9. The van der Waals surface area contributed by atoms with Crippen LogP contribution >= 0.6 is 11.8 Å². The molecule has 0 bridgehead atoms. The van der Waals surface area contributed by atoms with Crippen molar-refractivity contribution in [2.24, 2.45) is 0 Å². The van der Waals surface area contributed by atoms with E-state index in [4.69, 9.17) is 4.42 Å². The van der Waals surface area contributed by atoms with Crippen LogP contribution in [-0.4, -0.2) is 36.5 Å². The van der Waals surface area contributed by atoms with Crippen LogP contribution in [0.3, 0.4) is 0 Å². The third-order valence-corrected chi connectivity index (χ3v) is 6.16. The molecule has 1 aromatic heterocycles. The molecule has 0 radical (unpaired) electrons. The second-order valence-corrected chi connectivity index (χ2v) is 8.56. The number of anilines is 1. The number of rotatable bonds is 7. The van der Waals surface area contributed by atoms with Gasteiger partial charge in [-0.05, 0) is 36.6 Å². The quantitative estimate of drug-likeness (QED) is 0.605. The van der Waals surface area contributed by atoms with Crippen LogP contribution in [0.1, 0.15) is 16.2 Å². The molecule has 1 heterocycles. The fraction of sp³-hybridized carbons (Fsp3) is 0.167. The van der Waals surface area contributed by atoms with Crippen molar-refractivity contribution in [3.8, 4) is 0 Å². The zero-order chi connectivity index (χ0) is 19.3. The minimum Gasteiger partial charge on any atom is -0.408 e. The van der Waals surface area contributed by atoms with Crippen LogP contribution in [0.15, 0.2) is 68.8 Å². The van der Waals surface area contributed by atoms with Crippen molar-refractivity contribution in [2.45, 2.75) is 16.2 Å². The maximum Gasteiger partial charge on any atom is 0.322 e. The second-order valence-electron chi connectivity index (χ2n) is 5.57. The highest BCUT2D eigenvalue weighted by Gasteiger charge is 2.17. The van der Waals surface area contributed by atoms with Crippen LogP contribution in [0.4, 0.5) is 6.01 Å². The number of amides is 1. The summed E-state index contributed by atoms with van der Waals surface area (Å²) in [6, 6.07) is 15.2. The summed E-state index contributed by atoms with van der Waals surface area (Å²) < 4.78 is 29.9. The molecule has 1 amide bonds. The fourth-order valence-electron chi connectivity index (χ4n) is 2.31. The van der Waals surface area contributed by atoms with Gasteiger partial charge >= 0.3 is 6.01 Å². The minimum atomic E-state index is -3.44. The predicted molar refractivity (Wildman–Crippen MR) is 103 cm³/mol. The van der Waals surface area contributed by atoms with Gasteiger partial charge in [-0.2, -0.15) is 0 Å². The molecule has 3 aromatic rings. The molecule has 0 saturated heterocycles. The zero-order valence-corrected chi connectivity index (χ0v) is 16.1. The summed E-state index contributed by atoms with van der Waals surface area (Å²) >= 11 is 1.53. The summed E-state index contributed by atoms with van der Waals surface area (Å²) in [6.07, 6.45) is 1.98. The highest BCUT2D eigenvalue weighted by atomic mass is 32.2. The Balaban J connectivity index is 1.62. The second kappa shape index (κ2) is 8.36. The largest absolute Gasteiger partial charge is 0.408 e. The fourth-order valence-corrected chi connectivity index (χ4v) is 4.02. The number of sulfone groups is 1. The van der Waals surface area contributed by atoms with Crippen LogP contribution in [0.5, 0.6) is 0 Å². The van der Waals surface area contributed by atoms with Crippen LogP contribution in [0.2, 0.25) is 0 Å². The normalized spacial score (nSPS) is 11.3. The Labute approximate surface area is 161 Å². The van der Waals surface area contributed by atoms with Gasteiger partial charge in [-0.3, -0.25) is 10.1 Å². The maximum absolute atomic E-state index is 12.3. The number of carbonyl (C=O) groups is 1. The Hall–Kier alpha value is -2.65. The summed E-state index contributed by atoms with van der Waals surface area (Å²) in [5.74, 6) is -0.400. The first-order chi connectivity index (χ1) is 13.0. The lowest BCUT2D eigenvalue weighted by Crippen LogP contribution is -2.12. The number of benzene rings is 2. The third-order valence-electron chi connectivity index (χ3n) is 3.71. The van der Waals surface area contributed by atoms with Gasteiger partial charge < -0.3 is 4.42 Å². The Morgan fingerprint density at radius 2 is 1.89 bits per heavy atom.